The van der Waals surface area contributed by atoms with Crippen molar-refractivity contribution in [2.75, 3.05) is 20.8 Å². The van der Waals surface area contributed by atoms with Crippen LogP contribution in [0.3, 0.4) is 0 Å². The number of amides is 2. The van der Waals surface area contributed by atoms with E-state index in [1.807, 2.05) is 0 Å². The van der Waals surface area contributed by atoms with E-state index in [-0.39, 0.29) is 17.4 Å². The number of methoxy groups -OCH3 is 1. The van der Waals surface area contributed by atoms with Gasteiger partial charge in [0.15, 0.2) is 11.5 Å². The number of benzene rings is 1. The molecule has 2 aliphatic heterocycles. The molecule has 0 aromatic heterocycles. The van der Waals surface area contributed by atoms with Crippen LogP contribution in [0.4, 0.5) is 0 Å². The highest BCUT2D eigenvalue weighted by Crippen LogP contribution is 2.50. The lowest BCUT2D eigenvalue weighted by Gasteiger charge is -2.30. The molecule has 27 heavy (non-hydrogen) atoms. The number of phenols is 1. The Morgan fingerprint density at radius 1 is 1.30 bits per heavy atom. The zero-order valence-corrected chi connectivity index (χ0v) is 15.8. The molecule has 0 spiro atoms. The van der Waals surface area contributed by atoms with Gasteiger partial charge < -0.3 is 14.6 Å². The fourth-order valence-electron chi connectivity index (χ4n) is 4.27. The van der Waals surface area contributed by atoms with E-state index in [1.165, 1.54) is 20.2 Å². The summed E-state index contributed by atoms with van der Waals surface area (Å²) >= 11 is 0. The van der Waals surface area contributed by atoms with Crippen molar-refractivity contribution in [1.82, 2.24) is 10.2 Å². The highest BCUT2D eigenvalue weighted by Gasteiger charge is 2.67. The largest absolute Gasteiger partial charge is 0.504 e. The van der Waals surface area contributed by atoms with Crippen LogP contribution in [0.2, 0.25) is 0 Å². The number of carbonyl (C=O) groups excluding carboxylic acids is 3. The molecule has 4 atom stereocenters. The Morgan fingerprint density at radius 2 is 2.00 bits per heavy atom. The molecule has 0 bridgehead atoms. The molecule has 8 nitrogen and oxygen atoms in total. The predicted octanol–water partition coefficient (Wildman–Crippen LogP) is 0.988. The lowest BCUT2D eigenvalue weighted by Crippen LogP contribution is -2.55. The van der Waals surface area contributed by atoms with Crippen LogP contribution in [0, 0.1) is 11.8 Å². The van der Waals surface area contributed by atoms with Crippen LogP contribution in [-0.2, 0) is 19.1 Å². The van der Waals surface area contributed by atoms with Crippen molar-refractivity contribution in [3.63, 3.8) is 0 Å². The first kappa shape index (κ1) is 19.2. The minimum atomic E-state index is -1.29. The third-order valence-electron chi connectivity index (χ3n) is 5.62. The molecule has 2 fully saturated rings. The fourth-order valence-corrected chi connectivity index (χ4v) is 4.27. The number of hydrogen-bond donors (Lipinski definition) is 2. The van der Waals surface area contributed by atoms with Gasteiger partial charge in [-0.2, -0.15) is 0 Å². The molecule has 146 valence electrons. The minimum absolute atomic E-state index is 0.0178. The number of likely N-dealkylation sites (tertiary alicyclic amines) is 1. The second-order valence-corrected chi connectivity index (χ2v) is 6.84. The Labute approximate surface area is 157 Å². The third kappa shape index (κ3) is 2.66. The summed E-state index contributed by atoms with van der Waals surface area (Å²) in [4.78, 5) is 39.3. The number of nitrogens with one attached hydrogen (secondary N) is 1. The average molecular weight is 376 g/mol. The van der Waals surface area contributed by atoms with Gasteiger partial charge in [0.25, 0.3) is 0 Å². The number of phenolic OH excluding ortho intramolecular Hbond substituents is 1. The molecule has 0 saturated carbocycles. The van der Waals surface area contributed by atoms with Gasteiger partial charge in [0, 0.05) is 13.1 Å². The molecule has 2 saturated heterocycles. The van der Waals surface area contributed by atoms with Crippen LogP contribution in [0.5, 0.6) is 11.5 Å². The summed E-state index contributed by atoms with van der Waals surface area (Å²) in [5.74, 6) is -2.62. The number of nitrogens with zero attached hydrogens (tertiary/aromatic N) is 1. The molecule has 1 aromatic rings. The van der Waals surface area contributed by atoms with Crippen LogP contribution in [0.1, 0.15) is 31.9 Å². The molecule has 2 heterocycles. The van der Waals surface area contributed by atoms with E-state index < -0.39 is 35.3 Å². The number of fused-ring (bicyclic) bond motifs is 1. The van der Waals surface area contributed by atoms with Gasteiger partial charge in [-0.05, 0) is 31.0 Å². The van der Waals surface area contributed by atoms with E-state index in [0.717, 1.165) is 4.90 Å². The van der Waals surface area contributed by atoms with Crippen molar-refractivity contribution >= 4 is 17.8 Å². The van der Waals surface area contributed by atoms with Crippen molar-refractivity contribution in [2.45, 2.75) is 31.8 Å². The van der Waals surface area contributed by atoms with Gasteiger partial charge in [0.1, 0.15) is 5.54 Å². The van der Waals surface area contributed by atoms with E-state index in [9.17, 15) is 19.5 Å². The van der Waals surface area contributed by atoms with Gasteiger partial charge in [-0.3, -0.25) is 24.6 Å². The maximum absolute atomic E-state index is 12.8. The summed E-state index contributed by atoms with van der Waals surface area (Å²) in [5, 5.41) is 13.2. The van der Waals surface area contributed by atoms with E-state index in [1.54, 1.807) is 26.0 Å². The summed E-state index contributed by atoms with van der Waals surface area (Å²) in [7, 11) is 2.70. The quantitative estimate of drug-likeness (QED) is 0.583. The SMILES string of the molecule is CCOc1cc([C@H]2N[C@@](CC)(C(=O)OC)[C@H]3C(=O)N(C)C(=O)[C@@H]23)ccc1O. The van der Waals surface area contributed by atoms with Crippen LogP contribution >= 0.6 is 0 Å². The number of hydrogen-bond acceptors (Lipinski definition) is 7. The summed E-state index contributed by atoms with van der Waals surface area (Å²) < 4.78 is 10.4. The topological polar surface area (TPSA) is 105 Å². The molecule has 2 N–H and O–H groups in total. The standard InChI is InChI=1S/C19H24N2O6/c1-5-19(18(25)26-4)14-13(16(23)21(3)17(14)24)15(20-19)10-7-8-11(22)12(9-10)27-6-2/h7-9,13-15,20,22H,5-6H2,1-4H3/t13-,14-,15-,19-/m1/s1. The van der Waals surface area contributed by atoms with Gasteiger partial charge >= 0.3 is 5.97 Å². The monoisotopic (exact) mass is 376 g/mol. The first-order chi connectivity index (χ1) is 12.8. The Bertz CT molecular complexity index is 794. The Morgan fingerprint density at radius 3 is 2.59 bits per heavy atom. The molecule has 8 heteroatoms. The van der Waals surface area contributed by atoms with Crippen molar-refractivity contribution in [3.05, 3.63) is 23.8 Å². The van der Waals surface area contributed by atoms with Crippen LogP contribution in [0.25, 0.3) is 0 Å². The summed E-state index contributed by atoms with van der Waals surface area (Å²) in [5.41, 5.74) is -0.632. The zero-order valence-electron chi connectivity index (χ0n) is 15.8. The normalized spacial score (nSPS) is 29.8. The Kier molecular flexibility index (Phi) is 4.86. The number of esters is 1. The van der Waals surface area contributed by atoms with Gasteiger partial charge in [-0.25, -0.2) is 0 Å². The lowest BCUT2D eigenvalue weighted by atomic mass is 9.78. The maximum atomic E-state index is 12.8. The van der Waals surface area contributed by atoms with Gasteiger partial charge in [0.05, 0.1) is 25.6 Å². The second kappa shape index (κ2) is 6.84. The maximum Gasteiger partial charge on any atom is 0.326 e. The van der Waals surface area contributed by atoms with E-state index in [2.05, 4.69) is 5.32 Å². The first-order valence-corrected chi connectivity index (χ1v) is 8.95. The number of aromatic hydroxyl groups is 1. The highest BCUT2D eigenvalue weighted by atomic mass is 16.5. The molecule has 1 aromatic carbocycles. The molecular weight excluding hydrogens is 352 g/mol. The minimum Gasteiger partial charge on any atom is -0.504 e. The molecular formula is C19H24N2O6. The van der Waals surface area contributed by atoms with Gasteiger partial charge in [-0.15, -0.1) is 0 Å². The van der Waals surface area contributed by atoms with Crippen LogP contribution < -0.4 is 10.1 Å². The number of carbonyl (C=O) groups is 3. The van der Waals surface area contributed by atoms with Crippen LogP contribution in [0.15, 0.2) is 18.2 Å². The van der Waals surface area contributed by atoms with E-state index in [4.69, 9.17) is 9.47 Å². The lowest BCUT2D eigenvalue weighted by molar-refractivity contribution is -0.154. The van der Waals surface area contributed by atoms with Crippen LogP contribution in [-0.4, -0.2) is 54.1 Å². The fraction of sp³-hybridized carbons (Fsp3) is 0.526. The summed E-state index contributed by atoms with van der Waals surface area (Å²) in [6, 6.07) is 4.18. The predicted molar refractivity (Wildman–Crippen MR) is 94.9 cm³/mol. The van der Waals surface area contributed by atoms with Crippen molar-refractivity contribution in [2.24, 2.45) is 11.8 Å². The highest BCUT2D eigenvalue weighted by molar-refractivity contribution is 6.09. The molecule has 3 rings (SSSR count). The van der Waals surface area contributed by atoms with Crippen molar-refractivity contribution < 1.29 is 29.0 Å². The molecule has 2 amide bonds. The van der Waals surface area contributed by atoms with E-state index in [0.29, 0.717) is 18.6 Å². The van der Waals surface area contributed by atoms with Crippen molar-refractivity contribution in [1.29, 1.82) is 0 Å². The van der Waals surface area contributed by atoms with Crippen molar-refractivity contribution in [3.8, 4) is 11.5 Å². The number of imide groups is 1. The molecule has 0 aliphatic carbocycles. The van der Waals surface area contributed by atoms with Gasteiger partial charge in [-0.1, -0.05) is 13.0 Å². The first-order valence-electron chi connectivity index (χ1n) is 8.95. The number of rotatable bonds is 5. The Hall–Kier alpha value is -2.61. The third-order valence-corrected chi connectivity index (χ3v) is 5.62. The average Bonchev–Trinajstić information content (AvgIpc) is 3.13. The molecule has 2 aliphatic rings. The molecule has 0 unspecified atom stereocenters. The Balaban J connectivity index is 2.12. The second-order valence-electron chi connectivity index (χ2n) is 6.84. The van der Waals surface area contributed by atoms with E-state index >= 15 is 0 Å². The smallest absolute Gasteiger partial charge is 0.326 e. The number of ether oxygens (including phenoxy) is 2. The zero-order chi connectivity index (χ0) is 19.9. The summed E-state index contributed by atoms with van der Waals surface area (Å²) in [6.45, 7) is 3.94. The summed E-state index contributed by atoms with van der Waals surface area (Å²) in [6.07, 6.45) is 0.292. The van der Waals surface area contributed by atoms with Gasteiger partial charge in [0.2, 0.25) is 11.8 Å². The molecule has 0 radical (unpaired) electrons.